The average molecular weight is 344 g/mol. The van der Waals surface area contributed by atoms with Crippen molar-refractivity contribution in [2.45, 2.75) is 18.8 Å². The highest BCUT2D eigenvalue weighted by Crippen LogP contribution is 2.29. The lowest BCUT2D eigenvalue weighted by Crippen LogP contribution is -2.42. The summed E-state index contributed by atoms with van der Waals surface area (Å²) in [7, 11) is 0. The van der Waals surface area contributed by atoms with Gasteiger partial charge in [-0.25, -0.2) is 4.79 Å². The Bertz CT molecular complexity index is 513. The van der Waals surface area contributed by atoms with Gasteiger partial charge in [-0.2, -0.15) is 26.3 Å². The summed E-state index contributed by atoms with van der Waals surface area (Å²) in [5, 5.41) is 10.7. The number of urea groups is 1. The molecule has 2 amide bonds. The summed E-state index contributed by atoms with van der Waals surface area (Å²) in [4.78, 5) is 12.2. The lowest BCUT2D eigenvalue weighted by atomic mass is 10.2. The van der Waals surface area contributed by atoms with Crippen LogP contribution in [0, 0.1) is 0 Å². The molecule has 0 aliphatic heterocycles. The molecule has 10 heteroatoms. The van der Waals surface area contributed by atoms with Crippen LogP contribution in [-0.4, -0.2) is 41.9 Å². The number of aliphatic hydroxyl groups is 1. The van der Waals surface area contributed by atoms with Gasteiger partial charge in [-0.15, -0.1) is 0 Å². The number of anilines is 1. The van der Waals surface area contributed by atoms with Crippen molar-refractivity contribution in [3.63, 3.8) is 0 Å². The van der Waals surface area contributed by atoms with E-state index in [-0.39, 0.29) is 18.7 Å². The number of alkyl halides is 6. The molecular formula is C13H14F6N2O2. The molecule has 1 aromatic carbocycles. The molecule has 0 radical (unpaired) electrons. The Hall–Kier alpha value is -1.97. The van der Waals surface area contributed by atoms with E-state index in [0.29, 0.717) is 17.0 Å². The normalized spacial score (nSPS) is 12.1. The Kier molecular flexibility index (Phi) is 6.25. The minimum atomic E-state index is -4.63. The van der Waals surface area contributed by atoms with Crippen molar-refractivity contribution < 1.29 is 36.2 Å². The summed E-state index contributed by atoms with van der Waals surface area (Å²) >= 11 is 0. The van der Waals surface area contributed by atoms with E-state index in [1.165, 1.54) is 0 Å². The quantitative estimate of drug-likeness (QED) is 0.804. The number of amides is 2. The third-order valence-corrected chi connectivity index (χ3v) is 2.71. The third-order valence-electron chi connectivity index (χ3n) is 2.71. The van der Waals surface area contributed by atoms with Crippen molar-refractivity contribution in [1.29, 1.82) is 0 Å². The van der Waals surface area contributed by atoms with E-state index in [4.69, 9.17) is 5.11 Å². The van der Waals surface area contributed by atoms with Gasteiger partial charge in [0.2, 0.25) is 0 Å². The zero-order valence-electron chi connectivity index (χ0n) is 11.7. The van der Waals surface area contributed by atoms with Gasteiger partial charge in [0.1, 0.15) is 6.54 Å². The summed E-state index contributed by atoms with van der Waals surface area (Å²) in [5.41, 5.74) is -1.01. The topological polar surface area (TPSA) is 52.6 Å². The van der Waals surface area contributed by atoms with E-state index in [0.717, 1.165) is 12.1 Å². The highest BCUT2D eigenvalue weighted by molar-refractivity contribution is 5.89. The maximum Gasteiger partial charge on any atom is 0.416 e. The van der Waals surface area contributed by atoms with Gasteiger partial charge >= 0.3 is 18.4 Å². The molecule has 0 atom stereocenters. The number of benzene rings is 1. The van der Waals surface area contributed by atoms with Crippen molar-refractivity contribution in [3.8, 4) is 0 Å². The van der Waals surface area contributed by atoms with Crippen molar-refractivity contribution in [3.05, 3.63) is 29.8 Å². The van der Waals surface area contributed by atoms with Gasteiger partial charge in [-0.3, -0.25) is 0 Å². The Labute approximate surface area is 127 Å². The average Bonchev–Trinajstić information content (AvgIpc) is 2.41. The fraction of sp³-hybridized carbons (Fsp3) is 0.462. The monoisotopic (exact) mass is 344 g/mol. The summed E-state index contributed by atoms with van der Waals surface area (Å²) in [5.74, 6) is 0. The number of hydrogen-bond acceptors (Lipinski definition) is 2. The van der Waals surface area contributed by atoms with Gasteiger partial charge in [0.15, 0.2) is 0 Å². The van der Waals surface area contributed by atoms with Crippen molar-refractivity contribution in [1.82, 2.24) is 4.90 Å². The molecule has 0 bridgehead atoms. The largest absolute Gasteiger partial charge is 0.416 e. The minimum absolute atomic E-state index is 0.0590. The number of carbonyl (C=O) groups is 1. The predicted molar refractivity (Wildman–Crippen MR) is 69.8 cm³/mol. The molecule has 0 spiro atoms. The van der Waals surface area contributed by atoms with E-state index in [1.54, 1.807) is 0 Å². The summed E-state index contributed by atoms with van der Waals surface area (Å²) in [6.07, 6.45) is -9.24. The molecule has 0 fully saturated rings. The van der Waals surface area contributed by atoms with Crippen LogP contribution in [0.4, 0.5) is 36.8 Å². The summed E-state index contributed by atoms with van der Waals surface area (Å²) in [6.45, 7) is -2.27. The molecule has 0 aliphatic rings. The maximum atomic E-state index is 12.4. The molecule has 1 rings (SSSR count). The fourth-order valence-corrected chi connectivity index (χ4v) is 1.68. The zero-order chi connectivity index (χ0) is 17.7. The molecule has 0 aromatic heterocycles. The molecule has 1 aromatic rings. The molecule has 2 N–H and O–H groups in total. The van der Waals surface area contributed by atoms with E-state index in [1.807, 2.05) is 0 Å². The van der Waals surface area contributed by atoms with E-state index in [9.17, 15) is 31.1 Å². The van der Waals surface area contributed by atoms with Crippen LogP contribution in [0.2, 0.25) is 0 Å². The zero-order valence-corrected chi connectivity index (χ0v) is 11.7. The van der Waals surface area contributed by atoms with Crippen LogP contribution in [0.15, 0.2) is 24.3 Å². The number of halogens is 6. The Morgan fingerprint density at radius 2 is 1.65 bits per heavy atom. The molecule has 4 nitrogen and oxygen atoms in total. The first-order valence-electron chi connectivity index (χ1n) is 6.44. The SMILES string of the molecule is O=C(Nc1ccc(C(F)(F)F)cc1)N(CCCO)CC(F)(F)F. The first-order valence-corrected chi connectivity index (χ1v) is 6.44. The second-order valence-electron chi connectivity index (χ2n) is 4.62. The van der Waals surface area contributed by atoms with Crippen LogP contribution in [-0.2, 0) is 6.18 Å². The van der Waals surface area contributed by atoms with E-state index < -0.39 is 37.1 Å². The van der Waals surface area contributed by atoms with Gasteiger partial charge < -0.3 is 15.3 Å². The smallest absolute Gasteiger partial charge is 0.396 e. The lowest BCUT2D eigenvalue weighted by molar-refractivity contribution is -0.140. The summed E-state index contributed by atoms with van der Waals surface area (Å²) in [6, 6.07) is 2.18. The Morgan fingerprint density at radius 1 is 1.09 bits per heavy atom. The second kappa shape index (κ2) is 7.53. The number of nitrogens with zero attached hydrogens (tertiary/aromatic N) is 1. The van der Waals surface area contributed by atoms with E-state index >= 15 is 0 Å². The van der Waals surface area contributed by atoms with Gasteiger partial charge in [-0.05, 0) is 30.7 Å². The molecule has 23 heavy (non-hydrogen) atoms. The molecule has 0 aliphatic carbocycles. The summed E-state index contributed by atoms with van der Waals surface area (Å²) < 4.78 is 74.4. The van der Waals surface area contributed by atoms with Gasteiger partial charge in [-0.1, -0.05) is 0 Å². The van der Waals surface area contributed by atoms with E-state index in [2.05, 4.69) is 5.32 Å². The molecule has 0 heterocycles. The molecule has 130 valence electrons. The molecular weight excluding hydrogens is 330 g/mol. The maximum absolute atomic E-state index is 12.4. The predicted octanol–water partition coefficient (Wildman–Crippen LogP) is 3.48. The fourth-order valence-electron chi connectivity index (χ4n) is 1.68. The number of carbonyl (C=O) groups excluding carboxylic acids is 1. The molecule has 0 saturated heterocycles. The van der Waals surface area contributed by atoms with Crippen molar-refractivity contribution in [2.24, 2.45) is 0 Å². The van der Waals surface area contributed by atoms with Crippen molar-refractivity contribution in [2.75, 3.05) is 25.0 Å². The third kappa shape index (κ3) is 6.76. The van der Waals surface area contributed by atoms with Crippen LogP contribution in [0.3, 0.4) is 0 Å². The number of aliphatic hydroxyl groups excluding tert-OH is 1. The number of hydrogen-bond donors (Lipinski definition) is 2. The van der Waals surface area contributed by atoms with Crippen molar-refractivity contribution >= 4 is 11.7 Å². The Balaban J connectivity index is 2.77. The highest BCUT2D eigenvalue weighted by atomic mass is 19.4. The number of nitrogens with one attached hydrogen (secondary N) is 1. The first-order chi connectivity index (χ1) is 10.5. The van der Waals surface area contributed by atoms with Crippen LogP contribution in [0.5, 0.6) is 0 Å². The molecule has 0 saturated carbocycles. The van der Waals surface area contributed by atoms with Crippen LogP contribution < -0.4 is 5.32 Å². The lowest BCUT2D eigenvalue weighted by Gasteiger charge is -2.24. The second-order valence-corrected chi connectivity index (χ2v) is 4.62. The first kappa shape index (κ1) is 19.1. The standard InChI is InChI=1S/C13H14F6N2O2/c14-12(15,16)8-21(6-1-7-22)11(23)20-10-4-2-9(3-5-10)13(17,18)19/h2-5,22H,1,6-8H2,(H,20,23). The van der Waals surface area contributed by atoms with Crippen LogP contribution in [0.1, 0.15) is 12.0 Å². The van der Waals surface area contributed by atoms with Gasteiger partial charge in [0.25, 0.3) is 0 Å². The number of rotatable bonds is 5. The molecule has 0 unspecified atom stereocenters. The van der Waals surface area contributed by atoms with Gasteiger partial charge in [0, 0.05) is 18.8 Å². The highest BCUT2D eigenvalue weighted by Gasteiger charge is 2.33. The van der Waals surface area contributed by atoms with Gasteiger partial charge in [0.05, 0.1) is 5.56 Å². The van der Waals surface area contributed by atoms with Crippen LogP contribution in [0.25, 0.3) is 0 Å². The minimum Gasteiger partial charge on any atom is -0.396 e. The Morgan fingerprint density at radius 3 is 2.09 bits per heavy atom. The van der Waals surface area contributed by atoms with Crippen LogP contribution >= 0.6 is 0 Å².